The van der Waals surface area contributed by atoms with Crippen molar-refractivity contribution < 1.29 is 9.84 Å². The van der Waals surface area contributed by atoms with Crippen LogP contribution in [0.5, 0.6) is 5.75 Å². The van der Waals surface area contributed by atoms with Crippen LogP contribution in [0.1, 0.15) is 24.5 Å². The van der Waals surface area contributed by atoms with Crippen LogP contribution in [-0.2, 0) is 13.2 Å². The molecule has 0 aliphatic rings. The number of benzene rings is 1. The van der Waals surface area contributed by atoms with Crippen molar-refractivity contribution in [2.75, 3.05) is 6.61 Å². The summed E-state index contributed by atoms with van der Waals surface area (Å²) < 4.78 is 5.66. The largest absolute Gasteiger partial charge is 0.486 e. The Labute approximate surface area is 133 Å². The first-order chi connectivity index (χ1) is 9.98. The fraction of sp³-hybridized carbons (Fsp3) is 0.400. The van der Waals surface area contributed by atoms with E-state index in [1.165, 1.54) is 0 Å². The first-order valence-corrected chi connectivity index (χ1v) is 7.92. The van der Waals surface area contributed by atoms with E-state index < -0.39 is 0 Å². The number of thiazole rings is 1. The van der Waals surface area contributed by atoms with Crippen molar-refractivity contribution in [3.05, 3.63) is 45.4 Å². The lowest BCUT2D eigenvalue weighted by Gasteiger charge is -2.22. The van der Waals surface area contributed by atoms with Gasteiger partial charge in [-0.25, -0.2) is 4.98 Å². The van der Waals surface area contributed by atoms with Crippen molar-refractivity contribution in [1.82, 2.24) is 10.3 Å². The Balaban J connectivity index is 1.84. The number of rotatable bonds is 7. The molecule has 2 N–H and O–H groups in total. The van der Waals surface area contributed by atoms with Crippen molar-refractivity contribution in [3.63, 3.8) is 0 Å². The summed E-state index contributed by atoms with van der Waals surface area (Å²) in [6.45, 7) is 5.05. The number of halogens is 1. The molecule has 0 aliphatic heterocycles. The van der Waals surface area contributed by atoms with Gasteiger partial charge in [-0.3, -0.25) is 0 Å². The highest BCUT2D eigenvalue weighted by Gasteiger charge is 2.15. The summed E-state index contributed by atoms with van der Waals surface area (Å²) in [7, 11) is 0. The van der Waals surface area contributed by atoms with E-state index in [0.717, 1.165) is 16.5 Å². The van der Waals surface area contributed by atoms with E-state index in [1.807, 2.05) is 31.4 Å². The van der Waals surface area contributed by atoms with E-state index >= 15 is 0 Å². The molecule has 0 aliphatic carbocycles. The van der Waals surface area contributed by atoms with Crippen LogP contribution >= 0.6 is 22.9 Å². The standard InChI is InChI=1S/C15H19ClN2O2S/c1-15(2,10-19)17-7-12-9-21-14(18-12)8-20-13-5-3-11(16)4-6-13/h3-6,9,17,19H,7-8,10H2,1-2H3. The van der Waals surface area contributed by atoms with Crippen molar-refractivity contribution >= 4 is 22.9 Å². The maximum atomic E-state index is 9.20. The Morgan fingerprint density at radius 2 is 2.05 bits per heavy atom. The number of aliphatic hydroxyl groups is 1. The summed E-state index contributed by atoms with van der Waals surface area (Å²) >= 11 is 7.39. The second-order valence-electron chi connectivity index (χ2n) is 5.37. The first kappa shape index (κ1) is 16.2. The molecule has 0 bridgehead atoms. The van der Waals surface area contributed by atoms with Gasteiger partial charge in [0.15, 0.2) is 0 Å². The third kappa shape index (κ3) is 5.28. The maximum absolute atomic E-state index is 9.20. The van der Waals surface area contributed by atoms with Crippen LogP contribution in [0.25, 0.3) is 0 Å². The number of aliphatic hydroxyl groups excluding tert-OH is 1. The SMILES string of the molecule is CC(C)(CO)NCc1csc(COc2ccc(Cl)cc2)n1. The minimum Gasteiger partial charge on any atom is -0.486 e. The minimum absolute atomic E-state index is 0.0870. The normalized spacial score (nSPS) is 11.6. The monoisotopic (exact) mass is 326 g/mol. The molecule has 2 aromatic rings. The topological polar surface area (TPSA) is 54.4 Å². The number of hydrogen-bond donors (Lipinski definition) is 2. The quantitative estimate of drug-likeness (QED) is 0.820. The first-order valence-electron chi connectivity index (χ1n) is 6.66. The van der Waals surface area contributed by atoms with Gasteiger partial charge in [-0.2, -0.15) is 0 Å². The number of aromatic nitrogens is 1. The Bertz CT molecular complexity index is 569. The van der Waals surface area contributed by atoms with Gasteiger partial charge in [0.05, 0.1) is 12.3 Å². The van der Waals surface area contributed by atoms with Crippen LogP contribution in [-0.4, -0.2) is 22.2 Å². The van der Waals surface area contributed by atoms with Crippen molar-refractivity contribution in [2.24, 2.45) is 0 Å². The highest BCUT2D eigenvalue weighted by Crippen LogP contribution is 2.18. The van der Waals surface area contributed by atoms with E-state index in [9.17, 15) is 5.11 Å². The van der Waals surface area contributed by atoms with Crippen LogP contribution in [0.4, 0.5) is 0 Å². The molecule has 0 atom stereocenters. The molecule has 0 spiro atoms. The number of nitrogens with one attached hydrogen (secondary N) is 1. The van der Waals surface area contributed by atoms with Gasteiger partial charge in [0.1, 0.15) is 17.4 Å². The van der Waals surface area contributed by atoms with E-state index in [0.29, 0.717) is 18.2 Å². The summed E-state index contributed by atoms with van der Waals surface area (Å²) in [4.78, 5) is 4.50. The Morgan fingerprint density at radius 1 is 1.33 bits per heavy atom. The molecule has 4 nitrogen and oxygen atoms in total. The van der Waals surface area contributed by atoms with Gasteiger partial charge in [0.25, 0.3) is 0 Å². The zero-order valence-electron chi connectivity index (χ0n) is 12.1. The Morgan fingerprint density at radius 3 is 2.71 bits per heavy atom. The second kappa shape index (κ2) is 7.22. The summed E-state index contributed by atoms with van der Waals surface area (Å²) in [6, 6.07) is 7.26. The van der Waals surface area contributed by atoms with E-state index in [-0.39, 0.29) is 12.1 Å². The molecular formula is C15H19ClN2O2S. The highest BCUT2D eigenvalue weighted by atomic mass is 35.5. The van der Waals surface area contributed by atoms with E-state index in [4.69, 9.17) is 16.3 Å². The predicted octanol–water partition coefficient (Wildman–Crippen LogP) is 3.24. The van der Waals surface area contributed by atoms with Gasteiger partial charge in [0, 0.05) is 22.5 Å². The lowest BCUT2D eigenvalue weighted by molar-refractivity contribution is 0.187. The number of nitrogens with zero attached hydrogens (tertiary/aromatic N) is 1. The molecule has 114 valence electrons. The van der Waals surface area contributed by atoms with Crippen LogP contribution in [0.3, 0.4) is 0 Å². The molecule has 0 fully saturated rings. The lowest BCUT2D eigenvalue weighted by Crippen LogP contribution is -2.42. The van der Waals surface area contributed by atoms with Crippen molar-refractivity contribution in [3.8, 4) is 5.75 Å². The highest BCUT2D eigenvalue weighted by molar-refractivity contribution is 7.09. The van der Waals surface area contributed by atoms with Gasteiger partial charge in [-0.05, 0) is 38.1 Å². The molecule has 6 heteroatoms. The summed E-state index contributed by atoms with van der Waals surface area (Å²) in [5, 5.41) is 16.1. The Hall–Kier alpha value is -1.14. The summed E-state index contributed by atoms with van der Waals surface area (Å²) in [6.07, 6.45) is 0. The molecule has 1 heterocycles. The minimum atomic E-state index is -0.302. The number of ether oxygens (including phenoxy) is 1. The number of hydrogen-bond acceptors (Lipinski definition) is 5. The maximum Gasteiger partial charge on any atom is 0.140 e. The van der Waals surface area contributed by atoms with Gasteiger partial charge in [-0.1, -0.05) is 11.6 Å². The smallest absolute Gasteiger partial charge is 0.140 e. The fourth-order valence-electron chi connectivity index (χ4n) is 1.56. The van der Waals surface area contributed by atoms with Crippen LogP contribution in [0, 0.1) is 0 Å². The predicted molar refractivity (Wildman–Crippen MR) is 85.9 cm³/mol. The van der Waals surface area contributed by atoms with Gasteiger partial charge in [-0.15, -0.1) is 11.3 Å². The molecule has 0 saturated heterocycles. The second-order valence-corrected chi connectivity index (χ2v) is 6.75. The zero-order valence-corrected chi connectivity index (χ0v) is 13.7. The lowest BCUT2D eigenvalue weighted by atomic mass is 10.1. The molecule has 0 saturated carbocycles. The van der Waals surface area contributed by atoms with Gasteiger partial charge in [0.2, 0.25) is 0 Å². The van der Waals surface area contributed by atoms with Crippen LogP contribution in [0.2, 0.25) is 5.02 Å². The third-order valence-corrected chi connectivity index (χ3v) is 4.04. The van der Waals surface area contributed by atoms with E-state index in [1.54, 1.807) is 23.5 Å². The van der Waals surface area contributed by atoms with Gasteiger partial charge >= 0.3 is 0 Å². The average Bonchev–Trinajstić information content (AvgIpc) is 2.93. The average molecular weight is 327 g/mol. The Kier molecular flexibility index (Phi) is 5.58. The molecule has 1 aromatic heterocycles. The summed E-state index contributed by atoms with van der Waals surface area (Å²) in [5.41, 5.74) is 0.653. The van der Waals surface area contributed by atoms with Crippen molar-refractivity contribution in [1.29, 1.82) is 0 Å². The van der Waals surface area contributed by atoms with Gasteiger partial charge < -0.3 is 15.2 Å². The molecular weight excluding hydrogens is 308 g/mol. The zero-order chi connectivity index (χ0) is 15.3. The molecule has 21 heavy (non-hydrogen) atoms. The van der Waals surface area contributed by atoms with Crippen LogP contribution < -0.4 is 10.1 Å². The van der Waals surface area contributed by atoms with E-state index in [2.05, 4.69) is 10.3 Å². The molecule has 0 radical (unpaired) electrons. The summed E-state index contributed by atoms with van der Waals surface area (Å²) in [5.74, 6) is 0.774. The third-order valence-electron chi connectivity index (χ3n) is 2.92. The van der Waals surface area contributed by atoms with Crippen LogP contribution in [0.15, 0.2) is 29.6 Å². The fourth-order valence-corrected chi connectivity index (χ4v) is 2.39. The molecule has 1 aromatic carbocycles. The molecule has 0 unspecified atom stereocenters. The molecule has 0 amide bonds. The molecule has 2 rings (SSSR count). The van der Waals surface area contributed by atoms with Crippen molar-refractivity contribution in [2.45, 2.75) is 32.5 Å².